The number of aromatic nitrogens is 2. The summed E-state index contributed by atoms with van der Waals surface area (Å²) in [6, 6.07) is 11.6. The van der Waals surface area contributed by atoms with Crippen LogP contribution in [0, 0.1) is 18.6 Å². The lowest BCUT2D eigenvalue weighted by Gasteiger charge is -2.04. The van der Waals surface area contributed by atoms with Crippen molar-refractivity contribution in [1.82, 2.24) is 10.2 Å². The van der Waals surface area contributed by atoms with Crippen molar-refractivity contribution in [2.45, 2.75) is 6.92 Å². The van der Waals surface area contributed by atoms with Crippen LogP contribution < -0.4 is 0 Å². The van der Waals surface area contributed by atoms with Gasteiger partial charge in [-0.05, 0) is 25.1 Å². The number of hydrogen-bond acceptors (Lipinski definition) is 4. The molecule has 0 atom stereocenters. The number of aryl methyl sites for hydroxylation is 1. The summed E-state index contributed by atoms with van der Waals surface area (Å²) in [7, 11) is 0. The molecule has 0 spiro atoms. The Hall–Kier alpha value is -3.35. The minimum atomic E-state index is -1.01. The molecule has 5 nitrogen and oxygen atoms in total. The van der Waals surface area contributed by atoms with E-state index in [1.54, 1.807) is 0 Å². The van der Waals surface area contributed by atoms with Gasteiger partial charge in [0, 0.05) is 11.6 Å². The quantitative estimate of drug-likeness (QED) is 0.559. The molecule has 3 rings (SSSR count). The fourth-order valence-electron chi connectivity index (χ4n) is 2.30. The molecule has 26 heavy (non-hydrogen) atoms. The van der Waals surface area contributed by atoms with Gasteiger partial charge in [-0.2, -0.15) is 5.10 Å². The van der Waals surface area contributed by atoms with Gasteiger partial charge in [0.05, 0.1) is 11.3 Å². The van der Waals surface area contributed by atoms with Gasteiger partial charge in [-0.15, -0.1) is 0 Å². The first kappa shape index (κ1) is 17.5. The standard InChI is InChI=1S/C19H14F2N2O3/c1-11-2-4-12(5-3-11)16-9-17(23-22-16)19(25)26-10-18(24)14-7-6-13(20)8-15(14)21/h2-9H,10H2,1H3,(H,22,23). The first-order valence-electron chi connectivity index (χ1n) is 7.72. The molecule has 132 valence electrons. The largest absolute Gasteiger partial charge is 0.453 e. The van der Waals surface area contributed by atoms with Gasteiger partial charge in [0.1, 0.15) is 17.3 Å². The Morgan fingerprint density at radius 3 is 2.50 bits per heavy atom. The van der Waals surface area contributed by atoms with Gasteiger partial charge in [0.15, 0.2) is 6.61 Å². The number of ketones is 1. The topological polar surface area (TPSA) is 72.1 Å². The fourth-order valence-corrected chi connectivity index (χ4v) is 2.30. The molecule has 0 aliphatic rings. The number of Topliss-reactive ketones (excluding diaryl/α,β-unsaturated/α-hetero) is 1. The summed E-state index contributed by atoms with van der Waals surface area (Å²) in [6.45, 7) is 1.29. The van der Waals surface area contributed by atoms with E-state index in [9.17, 15) is 18.4 Å². The van der Waals surface area contributed by atoms with E-state index < -0.39 is 30.0 Å². The number of nitrogens with zero attached hydrogens (tertiary/aromatic N) is 1. The number of carbonyl (C=O) groups excluding carboxylic acids is 2. The van der Waals surface area contributed by atoms with Gasteiger partial charge in [0.2, 0.25) is 5.78 Å². The van der Waals surface area contributed by atoms with Crippen molar-refractivity contribution in [3.05, 3.63) is 77.0 Å². The van der Waals surface area contributed by atoms with Gasteiger partial charge < -0.3 is 4.74 Å². The second-order valence-corrected chi connectivity index (χ2v) is 5.66. The number of benzene rings is 2. The van der Waals surface area contributed by atoms with Crippen LogP contribution in [-0.2, 0) is 4.74 Å². The molecule has 0 bridgehead atoms. The summed E-state index contributed by atoms with van der Waals surface area (Å²) in [6.07, 6.45) is 0. The van der Waals surface area contributed by atoms with Crippen LogP contribution in [0.15, 0.2) is 48.5 Å². The molecule has 0 amide bonds. The monoisotopic (exact) mass is 356 g/mol. The highest BCUT2D eigenvalue weighted by atomic mass is 19.1. The lowest BCUT2D eigenvalue weighted by molar-refractivity contribution is 0.0467. The molecule has 1 heterocycles. The molecule has 0 fully saturated rings. The molecule has 0 saturated carbocycles. The lowest BCUT2D eigenvalue weighted by Crippen LogP contribution is -2.15. The second kappa shape index (κ2) is 7.26. The van der Waals surface area contributed by atoms with Crippen LogP contribution in [0.1, 0.15) is 26.4 Å². The average Bonchev–Trinajstić information content (AvgIpc) is 3.10. The molecule has 1 N–H and O–H groups in total. The molecule has 2 aromatic carbocycles. The van der Waals surface area contributed by atoms with Crippen molar-refractivity contribution >= 4 is 11.8 Å². The number of aromatic amines is 1. The highest BCUT2D eigenvalue weighted by Crippen LogP contribution is 2.18. The molecule has 0 aliphatic carbocycles. The number of H-pyrrole nitrogens is 1. The van der Waals surface area contributed by atoms with Crippen LogP contribution in [0.5, 0.6) is 0 Å². The molecule has 3 aromatic rings. The Balaban J connectivity index is 1.65. The minimum absolute atomic E-state index is 0.0629. The molecule has 7 heteroatoms. The van der Waals surface area contributed by atoms with Crippen LogP contribution in [0.2, 0.25) is 0 Å². The van der Waals surface area contributed by atoms with E-state index in [2.05, 4.69) is 10.2 Å². The van der Waals surface area contributed by atoms with Crippen LogP contribution in [0.25, 0.3) is 11.3 Å². The summed E-state index contributed by atoms with van der Waals surface area (Å²) >= 11 is 0. The number of ether oxygens (including phenoxy) is 1. The van der Waals surface area contributed by atoms with Crippen LogP contribution in [0.4, 0.5) is 8.78 Å². The minimum Gasteiger partial charge on any atom is -0.453 e. The summed E-state index contributed by atoms with van der Waals surface area (Å²) < 4.78 is 31.3. The predicted octanol–water partition coefficient (Wildman–Crippen LogP) is 3.70. The normalized spacial score (nSPS) is 10.6. The van der Waals surface area contributed by atoms with Crippen LogP contribution >= 0.6 is 0 Å². The maximum atomic E-state index is 13.6. The molecular weight excluding hydrogens is 342 g/mol. The lowest BCUT2D eigenvalue weighted by atomic mass is 10.1. The van der Waals surface area contributed by atoms with E-state index >= 15 is 0 Å². The number of rotatable bonds is 5. The van der Waals surface area contributed by atoms with Crippen molar-refractivity contribution in [2.24, 2.45) is 0 Å². The number of carbonyl (C=O) groups is 2. The Labute approximate surface area is 147 Å². The van der Waals surface area contributed by atoms with Gasteiger partial charge in [-0.25, -0.2) is 13.6 Å². The first-order chi connectivity index (χ1) is 12.4. The zero-order valence-corrected chi connectivity index (χ0v) is 13.8. The highest BCUT2D eigenvalue weighted by molar-refractivity contribution is 5.99. The summed E-state index contributed by atoms with van der Waals surface area (Å²) in [5, 5.41) is 6.58. The van der Waals surface area contributed by atoms with Crippen molar-refractivity contribution in [1.29, 1.82) is 0 Å². The summed E-state index contributed by atoms with van der Waals surface area (Å²) in [5.74, 6) is -3.37. The Bertz CT molecular complexity index is 965. The third-order valence-corrected chi connectivity index (χ3v) is 3.71. The van der Waals surface area contributed by atoms with E-state index in [4.69, 9.17) is 4.74 Å². The molecular formula is C19H14F2N2O3. The number of halogens is 2. The summed E-state index contributed by atoms with van der Waals surface area (Å²) in [5.41, 5.74) is 2.18. The van der Waals surface area contributed by atoms with Crippen LogP contribution in [0.3, 0.4) is 0 Å². The fraction of sp³-hybridized carbons (Fsp3) is 0.105. The third-order valence-electron chi connectivity index (χ3n) is 3.71. The van der Waals surface area contributed by atoms with Crippen molar-refractivity contribution in [3.8, 4) is 11.3 Å². The molecule has 1 aromatic heterocycles. The zero-order chi connectivity index (χ0) is 18.7. The maximum absolute atomic E-state index is 13.6. The van der Waals surface area contributed by atoms with Crippen molar-refractivity contribution in [2.75, 3.05) is 6.61 Å². The Kier molecular flexibility index (Phi) is 4.88. The number of nitrogens with one attached hydrogen (secondary N) is 1. The van der Waals surface area contributed by atoms with E-state index in [1.165, 1.54) is 6.07 Å². The SMILES string of the molecule is Cc1ccc(-c2cc(C(=O)OCC(=O)c3ccc(F)cc3F)[nH]n2)cc1. The van der Waals surface area contributed by atoms with E-state index in [0.717, 1.165) is 23.3 Å². The van der Waals surface area contributed by atoms with E-state index in [1.807, 2.05) is 31.2 Å². The average molecular weight is 356 g/mol. The van der Waals surface area contributed by atoms with Gasteiger partial charge >= 0.3 is 5.97 Å². The van der Waals surface area contributed by atoms with Gasteiger partial charge in [0.25, 0.3) is 0 Å². The highest BCUT2D eigenvalue weighted by Gasteiger charge is 2.17. The van der Waals surface area contributed by atoms with Gasteiger partial charge in [-0.3, -0.25) is 9.89 Å². The smallest absolute Gasteiger partial charge is 0.356 e. The molecule has 0 aliphatic heterocycles. The van der Waals surface area contributed by atoms with Gasteiger partial charge in [-0.1, -0.05) is 29.8 Å². The first-order valence-corrected chi connectivity index (χ1v) is 7.72. The summed E-state index contributed by atoms with van der Waals surface area (Å²) in [4.78, 5) is 23.9. The Morgan fingerprint density at radius 2 is 1.81 bits per heavy atom. The van der Waals surface area contributed by atoms with Crippen molar-refractivity contribution < 1.29 is 23.1 Å². The molecule has 0 unspecified atom stereocenters. The molecule has 0 radical (unpaired) electrons. The Morgan fingerprint density at radius 1 is 1.08 bits per heavy atom. The maximum Gasteiger partial charge on any atom is 0.356 e. The number of hydrogen-bond donors (Lipinski definition) is 1. The van der Waals surface area contributed by atoms with Crippen molar-refractivity contribution in [3.63, 3.8) is 0 Å². The number of esters is 1. The molecule has 0 saturated heterocycles. The van der Waals surface area contributed by atoms with E-state index in [-0.39, 0.29) is 11.3 Å². The third kappa shape index (κ3) is 3.83. The van der Waals surface area contributed by atoms with E-state index in [0.29, 0.717) is 11.8 Å². The van der Waals surface area contributed by atoms with Crippen LogP contribution in [-0.4, -0.2) is 28.6 Å². The predicted molar refractivity (Wildman–Crippen MR) is 89.7 cm³/mol. The zero-order valence-electron chi connectivity index (χ0n) is 13.8. The second-order valence-electron chi connectivity index (χ2n) is 5.66.